The van der Waals surface area contributed by atoms with Gasteiger partial charge in [-0.05, 0) is 48.9 Å². The van der Waals surface area contributed by atoms with E-state index in [4.69, 9.17) is 16.3 Å². The van der Waals surface area contributed by atoms with Crippen molar-refractivity contribution in [3.8, 4) is 0 Å². The molecule has 0 spiro atoms. The van der Waals surface area contributed by atoms with Gasteiger partial charge in [-0.2, -0.15) is 4.98 Å². The number of carbonyl (C=O) groups is 2. The minimum absolute atomic E-state index is 0.102. The number of amides is 1. The monoisotopic (exact) mass is 468 g/mol. The van der Waals surface area contributed by atoms with Gasteiger partial charge in [-0.15, -0.1) is 5.10 Å². The largest absolute Gasteiger partial charge is 0.463 e. The van der Waals surface area contributed by atoms with E-state index in [1.807, 2.05) is 0 Å². The number of halogens is 1. The third kappa shape index (κ3) is 4.26. The lowest BCUT2D eigenvalue weighted by molar-refractivity contribution is -0.384. The number of carbonyl (C=O) groups excluding carboxylic acids is 2. The van der Waals surface area contributed by atoms with Gasteiger partial charge in [0.15, 0.2) is 0 Å². The van der Waals surface area contributed by atoms with Crippen LogP contribution >= 0.6 is 11.6 Å². The Morgan fingerprint density at radius 3 is 2.45 bits per heavy atom. The van der Waals surface area contributed by atoms with Crippen molar-refractivity contribution in [2.45, 2.75) is 13.0 Å². The molecular formula is C21H17ClN6O5. The third-order valence-corrected chi connectivity index (χ3v) is 5.24. The quantitative estimate of drug-likeness (QED) is 0.329. The Kier molecular flexibility index (Phi) is 5.80. The van der Waals surface area contributed by atoms with E-state index in [0.29, 0.717) is 22.0 Å². The Balaban J connectivity index is 1.79. The highest BCUT2D eigenvalue weighted by atomic mass is 35.5. The number of fused-ring (bicyclic) bond motifs is 1. The second-order valence-corrected chi connectivity index (χ2v) is 7.51. The Morgan fingerprint density at radius 1 is 1.18 bits per heavy atom. The summed E-state index contributed by atoms with van der Waals surface area (Å²) in [6, 6.07) is 11.5. The number of hydrogen-bond acceptors (Lipinski definition) is 8. The number of nitro groups is 1. The molecule has 0 unspecified atom stereocenters. The summed E-state index contributed by atoms with van der Waals surface area (Å²) in [5, 5.41) is 21.6. The van der Waals surface area contributed by atoms with Gasteiger partial charge in [0.1, 0.15) is 6.04 Å². The molecule has 2 N–H and O–H groups in total. The minimum atomic E-state index is -0.819. The van der Waals surface area contributed by atoms with E-state index < -0.39 is 22.8 Å². The highest BCUT2D eigenvalue weighted by molar-refractivity contribution is 6.30. The molecule has 0 saturated carbocycles. The average molecular weight is 469 g/mol. The van der Waals surface area contributed by atoms with Gasteiger partial charge in [-0.25, -0.2) is 9.48 Å². The van der Waals surface area contributed by atoms with Crippen LogP contribution in [0.15, 0.2) is 59.8 Å². The van der Waals surface area contributed by atoms with Gasteiger partial charge < -0.3 is 15.4 Å². The molecule has 2 aromatic carbocycles. The van der Waals surface area contributed by atoms with Crippen molar-refractivity contribution < 1.29 is 19.2 Å². The number of aromatic nitrogens is 3. The van der Waals surface area contributed by atoms with Crippen molar-refractivity contribution in [3.63, 3.8) is 0 Å². The van der Waals surface area contributed by atoms with Crippen LogP contribution in [0.25, 0.3) is 0 Å². The number of ether oxygens (including phenoxy) is 1. The summed E-state index contributed by atoms with van der Waals surface area (Å²) in [5.74, 6) is -1.16. The van der Waals surface area contributed by atoms with Crippen LogP contribution in [-0.4, -0.2) is 38.7 Å². The maximum Gasteiger partial charge on any atom is 0.378 e. The first-order chi connectivity index (χ1) is 15.8. The summed E-state index contributed by atoms with van der Waals surface area (Å²) in [6.07, 6.45) is 0. The lowest BCUT2D eigenvalue weighted by Gasteiger charge is -2.28. The van der Waals surface area contributed by atoms with Gasteiger partial charge in [-0.3, -0.25) is 14.9 Å². The molecule has 0 bridgehead atoms. The van der Waals surface area contributed by atoms with E-state index in [1.165, 1.54) is 36.1 Å². The number of esters is 1. The first-order valence-electron chi connectivity index (χ1n) is 9.62. The highest BCUT2D eigenvalue weighted by Gasteiger charge is 2.35. The van der Waals surface area contributed by atoms with Gasteiger partial charge in [0.05, 0.1) is 17.6 Å². The Bertz CT molecular complexity index is 1280. The van der Waals surface area contributed by atoms with Crippen LogP contribution in [0.2, 0.25) is 5.02 Å². The summed E-state index contributed by atoms with van der Waals surface area (Å²) in [4.78, 5) is 40.0. The summed E-state index contributed by atoms with van der Waals surface area (Å²) >= 11 is 5.92. The number of nitrogens with one attached hydrogen (secondary N) is 2. The predicted octanol–water partition coefficient (Wildman–Crippen LogP) is 3.55. The van der Waals surface area contributed by atoms with Crippen LogP contribution in [0.1, 0.15) is 29.1 Å². The Morgan fingerprint density at radius 2 is 1.85 bits per heavy atom. The number of anilines is 2. The molecule has 168 valence electrons. The lowest BCUT2D eigenvalue weighted by Crippen LogP contribution is -2.31. The molecule has 0 fully saturated rings. The number of methoxy groups -OCH3 is 1. The molecule has 1 aliphatic heterocycles. The maximum atomic E-state index is 13.3. The smallest absolute Gasteiger partial charge is 0.378 e. The molecule has 1 amide bonds. The van der Waals surface area contributed by atoms with Crippen molar-refractivity contribution in [1.29, 1.82) is 0 Å². The van der Waals surface area contributed by atoms with E-state index >= 15 is 0 Å². The first kappa shape index (κ1) is 22.0. The molecule has 2 heterocycles. The van der Waals surface area contributed by atoms with Gasteiger partial charge in [-0.1, -0.05) is 11.6 Å². The molecule has 33 heavy (non-hydrogen) atoms. The van der Waals surface area contributed by atoms with Crippen molar-refractivity contribution in [3.05, 3.63) is 86.3 Å². The van der Waals surface area contributed by atoms with Crippen molar-refractivity contribution in [2.24, 2.45) is 0 Å². The Labute approximate surface area is 192 Å². The lowest BCUT2D eigenvalue weighted by atomic mass is 9.95. The number of benzene rings is 2. The van der Waals surface area contributed by atoms with Crippen molar-refractivity contribution in [2.75, 3.05) is 17.7 Å². The molecule has 0 aliphatic carbocycles. The minimum Gasteiger partial charge on any atom is -0.463 e. The molecule has 0 saturated heterocycles. The first-order valence-corrected chi connectivity index (χ1v) is 10.00. The van der Waals surface area contributed by atoms with Crippen LogP contribution in [-0.2, 0) is 9.53 Å². The summed E-state index contributed by atoms with van der Waals surface area (Å²) in [6.45, 7) is 1.69. The van der Waals surface area contributed by atoms with E-state index in [2.05, 4.69) is 20.7 Å². The fraction of sp³-hybridized carbons (Fsp3) is 0.143. The van der Waals surface area contributed by atoms with Gasteiger partial charge in [0.25, 0.3) is 17.4 Å². The fourth-order valence-electron chi connectivity index (χ4n) is 3.44. The second kappa shape index (κ2) is 8.71. The number of rotatable bonds is 5. The second-order valence-electron chi connectivity index (χ2n) is 7.07. The normalized spacial score (nSPS) is 14.8. The van der Waals surface area contributed by atoms with Crippen LogP contribution in [0, 0.1) is 10.1 Å². The van der Waals surface area contributed by atoms with Crippen molar-refractivity contribution in [1.82, 2.24) is 14.8 Å². The summed E-state index contributed by atoms with van der Waals surface area (Å²) < 4.78 is 6.08. The molecule has 1 atom stereocenters. The van der Waals surface area contributed by atoms with Crippen molar-refractivity contribution >= 4 is 40.8 Å². The molecule has 1 aliphatic rings. The predicted molar refractivity (Wildman–Crippen MR) is 119 cm³/mol. The van der Waals surface area contributed by atoms with Crippen LogP contribution in [0.3, 0.4) is 0 Å². The van der Waals surface area contributed by atoms with Gasteiger partial charge in [0, 0.05) is 28.5 Å². The zero-order chi connectivity index (χ0) is 23.7. The number of allylic oxidation sites excluding steroid dienone is 1. The van der Waals surface area contributed by atoms with E-state index in [0.717, 1.165) is 0 Å². The topological polar surface area (TPSA) is 141 Å². The summed E-state index contributed by atoms with van der Waals surface area (Å²) in [5.41, 5.74) is 1.71. The standard InChI is InChI=1S/C21H17ClN6O5/c1-11-16(19(29)24-14-7-5-13(22)6-8-14)17(12-3-9-15(10-4-12)28(31)32)27-21(23-11)25-18(26-27)20(30)33-2/h3-10,17H,1-2H3,(H,24,29)(H,23,25,26)/t17-/m0/s1. The van der Waals surface area contributed by atoms with Crippen LogP contribution in [0.4, 0.5) is 17.3 Å². The zero-order valence-corrected chi connectivity index (χ0v) is 18.2. The van der Waals surface area contributed by atoms with E-state index in [-0.39, 0.29) is 23.0 Å². The average Bonchev–Trinajstić information content (AvgIpc) is 3.22. The SMILES string of the molecule is COC(=O)c1nc2n(n1)[C@@H](c1ccc([N+](=O)[O-])cc1)C(C(=O)Nc1ccc(Cl)cc1)=C(C)N2. The van der Waals surface area contributed by atoms with E-state index in [1.54, 1.807) is 31.2 Å². The number of non-ortho nitro benzene ring substituents is 1. The van der Waals surface area contributed by atoms with E-state index in [9.17, 15) is 19.7 Å². The molecule has 11 nitrogen and oxygen atoms in total. The maximum absolute atomic E-state index is 13.3. The van der Waals surface area contributed by atoms with Crippen LogP contribution in [0.5, 0.6) is 0 Å². The molecule has 0 radical (unpaired) electrons. The molecule has 4 rings (SSSR count). The van der Waals surface area contributed by atoms with Gasteiger partial charge in [0.2, 0.25) is 5.95 Å². The summed E-state index contributed by atoms with van der Waals surface area (Å²) in [7, 11) is 1.21. The van der Waals surface area contributed by atoms with Crippen LogP contribution < -0.4 is 10.6 Å². The molecular weight excluding hydrogens is 452 g/mol. The highest BCUT2D eigenvalue weighted by Crippen LogP contribution is 2.36. The molecule has 1 aromatic heterocycles. The Hall–Kier alpha value is -4.25. The number of nitro benzene ring substituents is 1. The molecule has 12 heteroatoms. The zero-order valence-electron chi connectivity index (χ0n) is 17.4. The number of nitrogens with zero attached hydrogens (tertiary/aromatic N) is 4. The third-order valence-electron chi connectivity index (χ3n) is 4.99. The van der Waals surface area contributed by atoms with Gasteiger partial charge >= 0.3 is 5.97 Å². The number of hydrogen-bond donors (Lipinski definition) is 2. The fourth-order valence-corrected chi connectivity index (χ4v) is 3.57. The molecule has 3 aromatic rings.